The van der Waals surface area contributed by atoms with Crippen molar-refractivity contribution in [1.82, 2.24) is 9.88 Å². The van der Waals surface area contributed by atoms with Crippen LogP contribution in [0.5, 0.6) is 0 Å². The molecule has 0 aliphatic carbocycles. The standard InChI is InChI=1S/C11H18N4OS/c12-7-9-3-1-2-5-15(9)8-10(16)14-11-13-4-6-17-11/h4,6,9H,1-3,5,7-8,12H2,(H,13,14,16). The van der Waals surface area contributed by atoms with Gasteiger partial charge in [0, 0.05) is 24.2 Å². The highest BCUT2D eigenvalue weighted by molar-refractivity contribution is 7.13. The molecule has 1 aromatic rings. The van der Waals surface area contributed by atoms with Crippen LogP contribution in [0.2, 0.25) is 0 Å². The number of nitrogens with two attached hydrogens (primary N) is 1. The van der Waals surface area contributed by atoms with Crippen molar-refractivity contribution >= 4 is 22.4 Å². The fraction of sp³-hybridized carbons (Fsp3) is 0.636. The molecule has 1 aromatic heterocycles. The zero-order chi connectivity index (χ0) is 12.1. The second kappa shape index (κ2) is 6.09. The van der Waals surface area contributed by atoms with Gasteiger partial charge in [0.2, 0.25) is 5.91 Å². The van der Waals surface area contributed by atoms with E-state index in [-0.39, 0.29) is 5.91 Å². The molecule has 3 N–H and O–H groups in total. The predicted octanol–water partition coefficient (Wildman–Crippen LogP) is 0.895. The first-order valence-electron chi connectivity index (χ1n) is 5.93. The van der Waals surface area contributed by atoms with E-state index >= 15 is 0 Å². The number of carbonyl (C=O) groups is 1. The summed E-state index contributed by atoms with van der Waals surface area (Å²) in [5, 5.41) is 5.31. The molecule has 1 fully saturated rings. The molecule has 1 unspecified atom stereocenters. The smallest absolute Gasteiger partial charge is 0.240 e. The Morgan fingerprint density at radius 3 is 3.24 bits per heavy atom. The molecule has 0 bridgehead atoms. The number of thiazole rings is 1. The lowest BCUT2D eigenvalue weighted by atomic mass is 10.0. The summed E-state index contributed by atoms with van der Waals surface area (Å²) in [7, 11) is 0. The van der Waals surface area contributed by atoms with Crippen molar-refractivity contribution in [2.45, 2.75) is 25.3 Å². The van der Waals surface area contributed by atoms with Crippen LogP contribution in [0.25, 0.3) is 0 Å². The Kier molecular flexibility index (Phi) is 4.47. The van der Waals surface area contributed by atoms with Crippen molar-refractivity contribution in [2.24, 2.45) is 5.73 Å². The van der Waals surface area contributed by atoms with Gasteiger partial charge in [-0.1, -0.05) is 6.42 Å². The van der Waals surface area contributed by atoms with Gasteiger partial charge in [-0.2, -0.15) is 0 Å². The van der Waals surface area contributed by atoms with E-state index in [2.05, 4.69) is 15.2 Å². The quantitative estimate of drug-likeness (QED) is 0.837. The largest absolute Gasteiger partial charge is 0.329 e. The molecule has 0 saturated carbocycles. The van der Waals surface area contributed by atoms with Crippen molar-refractivity contribution in [1.29, 1.82) is 0 Å². The van der Waals surface area contributed by atoms with Crippen LogP contribution < -0.4 is 11.1 Å². The minimum absolute atomic E-state index is 0.000278. The molecule has 6 heteroatoms. The molecule has 0 aromatic carbocycles. The highest BCUT2D eigenvalue weighted by Crippen LogP contribution is 2.16. The number of nitrogens with zero attached hydrogens (tertiary/aromatic N) is 2. The number of likely N-dealkylation sites (tertiary alicyclic amines) is 1. The summed E-state index contributed by atoms with van der Waals surface area (Å²) in [5.41, 5.74) is 5.72. The number of hydrogen-bond donors (Lipinski definition) is 2. The molecule has 1 aliphatic rings. The SMILES string of the molecule is NCC1CCCCN1CC(=O)Nc1nccs1. The van der Waals surface area contributed by atoms with Gasteiger partial charge in [0.1, 0.15) is 0 Å². The minimum atomic E-state index is 0.000278. The summed E-state index contributed by atoms with van der Waals surface area (Å²) in [6.07, 6.45) is 5.15. The molecular formula is C11H18N4OS. The third kappa shape index (κ3) is 3.49. The second-order valence-electron chi connectivity index (χ2n) is 4.24. The highest BCUT2D eigenvalue weighted by Gasteiger charge is 2.23. The van der Waals surface area contributed by atoms with Crippen LogP contribution in [-0.2, 0) is 4.79 Å². The van der Waals surface area contributed by atoms with E-state index in [1.807, 2.05) is 5.38 Å². The third-order valence-corrected chi connectivity index (χ3v) is 3.74. The maximum atomic E-state index is 11.8. The lowest BCUT2D eigenvalue weighted by Gasteiger charge is -2.34. The Bertz CT molecular complexity index is 354. The van der Waals surface area contributed by atoms with Gasteiger partial charge in [0.15, 0.2) is 5.13 Å². The molecule has 5 nitrogen and oxygen atoms in total. The molecule has 17 heavy (non-hydrogen) atoms. The maximum absolute atomic E-state index is 11.8. The summed E-state index contributed by atoms with van der Waals surface area (Å²) < 4.78 is 0. The molecule has 2 rings (SSSR count). The summed E-state index contributed by atoms with van der Waals surface area (Å²) in [4.78, 5) is 18.0. The van der Waals surface area contributed by atoms with Gasteiger partial charge in [-0.15, -0.1) is 11.3 Å². The highest BCUT2D eigenvalue weighted by atomic mass is 32.1. The van der Waals surface area contributed by atoms with Crippen LogP contribution >= 0.6 is 11.3 Å². The van der Waals surface area contributed by atoms with Gasteiger partial charge in [-0.3, -0.25) is 9.69 Å². The summed E-state index contributed by atoms with van der Waals surface area (Å²) in [6.45, 7) is 2.01. The molecule has 0 radical (unpaired) electrons. The van der Waals surface area contributed by atoms with Gasteiger partial charge < -0.3 is 11.1 Å². The summed E-state index contributed by atoms with van der Waals surface area (Å²) in [5.74, 6) is 0.000278. The lowest BCUT2D eigenvalue weighted by molar-refractivity contribution is -0.118. The number of amides is 1. The van der Waals surface area contributed by atoms with Crippen LogP contribution in [0.15, 0.2) is 11.6 Å². The van der Waals surface area contributed by atoms with E-state index in [0.717, 1.165) is 19.4 Å². The minimum Gasteiger partial charge on any atom is -0.329 e. The Hall–Kier alpha value is -0.980. The molecular weight excluding hydrogens is 236 g/mol. The van der Waals surface area contributed by atoms with Gasteiger partial charge in [-0.05, 0) is 19.4 Å². The number of anilines is 1. The Morgan fingerprint density at radius 2 is 2.53 bits per heavy atom. The average Bonchev–Trinajstić information content (AvgIpc) is 2.82. The summed E-state index contributed by atoms with van der Waals surface area (Å²) >= 11 is 1.43. The number of hydrogen-bond acceptors (Lipinski definition) is 5. The zero-order valence-corrected chi connectivity index (χ0v) is 10.6. The summed E-state index contributed by atoms with van der Waals surface area (Å²) in [6, 6.07) is 0.353. The van der Waals surface area contributed by atoms with Crippen LogP contribution in [0.4, 0.5) is 5.13 Å². The Morgan fingerprint density at radius 1 is 1.65 bits per heavy atom. The van der Waals surface area contributed by atoms with Crippen molar-refractivity contribution < 1.29 is 4.79 Å². The number of aromatic nitrogens is 1. The van der Waals surface area contributed by atoms with E-state index in [1.54, 1.807) is 6.20 Å². The number of piperidine rings is 1. The number of carbonyl (C=O) groups excluding carboxylic acids is 1. The molecule has 1 aliphatic heterocycles. The Labute approximate surface area is 105 Å². The van der Waals surface area contributed by atoms with E-state index in [0.29, 0.717) is 24.3 Å². The molecule has 1 atom stereocenters. The van der Waals surface area contributed by atoms with Crippen LogP contribution in [0.3, 0.4) is 0 Å². The van der Waals surface area contributed by atoms with Gasteiger partial charge >= 0.3 is 0 Å². The second-order valence-corrected chi connectivity index (χ2v) is 5.14. The van der Waals surface area contributed by atoms with Gasteiger partial charge in [0.05, 0.1) is 6.54 Å². The van der Waals surface area contributed by atoms with Gasteiger partial charge in [0.25, 0.3) is 0 Å². The van der Waals surface area contributed by atoms with E-state index in [1.165, 1.54) is 17.8 Å². The fourth-order valence-corrected chi connectivity index (χ4v) is 2.71. The van der Waals surface area contributed by atoms with Crippen molar-refractivity contribution in [3.8, 4) is 0 Å². The Balaban J connectivity index is 1.84. The van der Waals surface area contributed by atoms with Crippen molar-refractivity contribution in [3.05, 3.63) is 11.6 Å². The van der Waals surface area contributed by atoms with Crippen molar-refractivity contribution in [3.63, 3.8) is 0 Å². The monoisotopic (exact) mass is 254 g/mol. The van der Waals surface area contributed by atoms with Crippen LogP contribution in [-0.4, -0.2) is 41.5 Å². The average molecular weight is 254 g/mol. The zero-order valence-electron chi connectivity index (χ0n) is 9.76. The number of nitrogens with one attached hydrogen (secondary N) is 1. The predicted molar refractivity (Wildman–Crippen MR) is 69.0 cm³/mol. The molecule has 2 heterocycles. The first-order valence-corrected chi connectivity index (χ1v) is 6.81. The normalized spacial score (nSPS) is 21.4. The molecule has 94 valence electrons. The molecule has 1 saturated heterocycles. The molecule has 0 spiro atoms. The van der Waals surface area contributed by atoms with E-state index < -0.39 is 0 Å². The van der Waals surface area contributed by atoms with Crippen LogP contribution in [0.1, 0.15) is 19.3 Å². The fourth-order valence-electron chi connectivity index (χ4n) is 2.16. The first kappa shape index (κ1) is 12.5. The lowest BCUT2D eigenvalue weighted by Crippen LogP contribution is -2.47. The van der Waals surface area contributed by atoms with Crippen LogP contribution in [0, 0.1) is 0 Å². The van der Waals surface area contributed by atoms with E-state index in [9.17, 15) is 4.79 Å². The maximum Gasteiger partial charge on any atom is 0.240 e. The third-order valence-electron chi connectivity index (χ3n) is 3.05. The topological polar surface area (TPSA) is 71.2 Å². The first-order chi connectivity index (χ1) is 8.29. The molecule has 1 amide bonds. The van der Waals surface area contributed by atoms with E-state index in [4.69, 9.17) is 5.73 Å². The van der Waals surface area contributed by atoms with Crippen molar-refractivity contribution in [2.75, 3.05) is 25.0 Å². The van der Waals surface area contributed by atoms with Gasteiger partial charge in [-0.25, -0.2) is 4.98 Å². The number of rotatable bonds is 4.